The van der Waals surface area contributed by atoms with Crippen LogP contribution < -0.4 is 5.46 Å². The van der Waals surface area contributed by atoms with Crippen molar-refractivity contribution in [3.63, 3.8) is 0 Å². The SMILES string of the molecule is CC1(c2coc3cc(B4OC(C)(C)C(C)(C)O4)ccc23)CC1. The quantitative estimate of drug-likeness (QED) is 0.791. The van der Waals surface area contributed by atoms with E-state index in [1.807, 2.05) is 6.26 Å². The minimum Gasteiger partial charge on any atom is -0.464 e. The summed E-state index contributed by atoms with van der Waals surface area (Å²) >= 11 is 0. The van der Waals surface area contributed by atoms with E-state index in [1.54, 1.807) is 0 Å². The Hall–Kier alpha value is -1.26. The number of furan rings is 1. The van der Waals surface area contributed by atoms with E-state index in [9.17, 15) is 0 Å². The van der Waals surface area contributed by atoms with Crippen LogP contribution in [-0.2, 0) is 14.7 Å². The van der Waals surface area contributed by atoms with Gasteiger partial charge in [0, 0.05) is 10.9 Å². The van der Waals surface area contributed by atoms with Crippen molar-refractivity contribution >= 4 is 23.6 Å². The van der Waals surface area contributed by atoms with E-state index >= 15 is 0 Å². The Balaban J connectivity index is 1.70. The van der Waals surface area contributed by atoms with Gasteiger partial charge in [-0.05, 0) is 57.5 Å². The average Bonchev–Trinajstić information content (AvgIpc) is 2.95. The monoisotopic (exact) mass is 298 g/mol. The van der Waals surface area contributed by atoms with Crippen LogP contribution >= 0.6 is 0 Å². The molecular weight excluding hydrogens is 275 g/mol. The summed E-state index contributed by atoms with van der Waals surface area (Å²) < 4.78 is 18.1. The molecule has 1 saturated carbocycles. The van der Waals surface area contributed by atoms with Crippen LogP contribution in [0.1, 0.15) is 53.0 Å². The molecule has 1 aromatic heterocycles. The van der Waals surface area contributed by atoms with E-state index in [2.05, 4.69) is 52.8 Å². The second-order valence-corrected chi connectivity index (χ2v) is 8.05. The molecule has 2 fully saturated rings. The molecule has 0 amide bonds. The lowest BCUT2D eigenvalue weighted by molar-refractivity contribution is 0.00578. The molecule has 22 heavy (non-hydrogen) atoms. The van der Waals surface area contributed by atoms with E-state index in [4.69, 9.17) is 13.7 Å². The summed E-state index contributed by atoms with van der Waals surface area (Å²) in [5.41, 5.74) is 2.97. The minimum absolute atomic E-state index is 0.317. The number of hydrogen-bond acceptors (Lipinski definition) is 3. The van der Waals surface area contributed by atoms with Gasteiger partial charge in [-0.25, -0.2) is 0 Å². The van der Waals surface area contributed by atoms with Crippen molar-refractivity contribution in [1.29, 1.82) is 0 Å². The molecule has 4 heteroatoms. The summed E-state index contributed by atoms with van der Waals surface area (Å²) in [6, 6.07) is 6.32. The molecule has 4 rings (SSSR count). The number of hydrogen-bond donors (Lipinski definition) is 0. The Kier molecular flexibility index (Phi) is 2.72. The van der Waals surface area contributed by atoms with Crippen molar-refractivity contribution < 1.29 is 13.7 Å². The van der Waals surface area contributed by atoms with Gasteiger partial charge in [0.25, 0.3) is 0 Å². The fourth-order valence-electron chi connectivity index (χ4n) is 3.09. The fourth-order valence-corrected chi connectivity index (χ4v) is 3.09. The molecule has 1 aromatic carbocycles. The van der Waals surface area contributed by atoms with Crippen molar-refractivity contribution in [3.05, 3.63) is 30.0 Å². The van der Waals surface area contributed by atoms with Gasteiger partial charge in [-0.3, -0.25) is 0 Å². The zero-order chi connectivity index (χ0) is 15.8. The molecule has 0 spiro atoms. The third-order valence-corrected chi connectivity index (χ3v) is 5.78. The first-order valence-corrected chi connectivity index (χ1v) is 8.09. The predicted molar refractivity (Wildman–Crippen MR) is 88.5 cm³/mol. The van der Waals surface area contributed by atoms with Gasteiger partial charge in [-0.2, -0.15) is 0 Å². The van der Waals surface area contributed by atoms with Gasteiger partial charge >= 0.3 is 7.12 Å². The Bertz CT molecular complexity index is 724. The summed E-state index contributed by atoms with van der Waals surface area (Å²) in [6.07, 6.45) is 4.42. The summed E-state index contributed by atoms with van der Waals surface area (Å²) in [5, 5.41) is 1.22. The van der Waals surface area contributed by atoms with Crippen molar-refractivity contribution in [1.82, 2.24) is 0 Å². The van der Waals surface area contributed by atoms with Crippen LogP contribution in [0.5, 0.6) is 0 Å². The van der Waals surface area contributed by atoms with Crippen LogP contribution in [0.3, 0.4) is 0 Å². The second-order valence-electron chi connectivity index (χ2n) is 8.05. The van der Waals surface area contributed by atoms with Crippen molar-refractivity contribution in [3.8, 4) is 0 Å². The van der Waals surface area contributed by atoms with Crippen molar-refractivity contribution in [2.75, 3.05) is 0 Å². The molecular formula is C18H23BO3. The fraction of sp³-hybridized carbons (Fsp3) is 0.556. The van der Waals surface area contributed by atoms with Gasteiger partial charge in [0.05, 0.1) is 17.5 Å². The molecule has 116 valence electrons. The van der Waals surface area contributed by atoms with E-state index < -0.39 is 0 Å². The van der Waals surface area contributed by atoms with Crippen LogP contribution in [-0.4, -0.2) is 18.3 Å². The molecule has 2 aliphatic rings. The van der Waals surface area contributed by atoms with Crippen LogP contribution in [0.25, 0.3) is 11.0 Å². The van der Waals surface area contributed by atoms with Gasteiger partial charge in [-0.15, -0.1) is 0 Å². The third kappa shape index (κ3) is 1.97. The normalized spacial score (nSPS) is 24.9. The maximum atomic E-state index is 6.12. The maximum absolute atomic E-state index is 6.12. The standard InChI is InChI=1S/C18H23BO3/c1-16(2)17(3,4)22-19(21-16)12-6-7-13-14(18(5)8-9-18)11-20-15(13)10-12/h6-7,10-11H,8-9H2,1-5H3. The van der Waals surface area contributed by atoms with Gasteiger partial charge < -0.3 is 13.7 Å². The molecule has 0 radical (unpaired) electrons. The highest BCUT2D eigenvalue weighted by Gasteiger charge is 2.51. The first kappa shape index (κ1) is 14.3. The minimum atomic E-state index is -0.334. The van der Waals surface area contributed by atoms with Crippen molar-refractivity contribution in [2.24, 2.45) is 0 Å². The van der Waals surface area contributed by atoms with Crippen LogP contribution in [0.15, 0.2) is 28.9 Å². The molecule has 3 nitrogen and oxygen atoms in total. The Morgan fingerprint density at radius 3 is 2.18 bits per heavy atom. The molecule has 0 N–H and O–H groups in total. The number of fused-ring (bicyclic) bond motifs is 1. The molecule has 0 bridgehead atoms. The molecule has 2 aromatic rings. The first-order chi connectivity index (χ1) is 10.2. The highest BCUT2D eigenvalue weighted by Crippen LogP contribution is 2.50. The van der Waals surface area contributed by atoms with E-state index in [-0.39, 0.29) is 18.3 Å². The highest BCUT2D eigenvalue weighted by molar-refractivity contribution is 6.62. The second kappa shape index (κ2) is 4.18. The number of benzene rings is 1. The summed E-state index contributed by atoms with van der Waals surface area (Å²) in [7, 11) is -0.334. The van der Waals surface area contributed by atoms with Gasteiger partial charge in [0.1, 0.15) is 5.58 Å². The largest absolute Gasteiger partial charge is 0.494 e. The summed E-state index contributed by atoms with van der Waals surface area (Å²) in [6.45, 7) is 10.6. The lowest BCUT2D eigenvalue weighted by Gasteiger charge is -2.32. The lowest BCUT2D eigenvalue weighted by atomic mass is 9.78. The third-order valence-electron chi connectivity index (χ3n) is 5.78. The van der Waals surface area contributed by atoms with Gasteiger partial charge in [0.15, 0.2) is 0 Å². The molecule has 2 heterocycles. The zero-order valence-corrected chi connectivity index (χ0v) is 14.0. The van der Waals surface area contributed by atoms with E-state index in [0.717, 1.165) is 11.0 Å². The van der Waals surface area contributed by atoms with E-state index in [1.165, 1.54) is 23.8 Å². The number of rotatable bonds is 2. The Morgan fingerprint density at radius 2 is 1.59 bits per heavy atom. The zero-order valence-electron chi connectivity index (χ0n) is 14.0. The highest BCUT2D eigenvalue weighted by atomic mass is 16.7. The maximum Gasteiger partial charge on any atom is 0.494 e. The van der Waals surface area contributed by atoms with Crippen molar-refractivity contribution in [2.45, 2.75) is 64.1 Å². The Morgan fingerprint density at radius 1 is 0.955 bits per heavy atom. The smallest absolute Gasteiger partial charge is 0.464 e. The lowest BCUT2D eigenvalue weighted by Crippen LogP contribution is -2.41. The van der Waals surface area contributed by atoms with Crippen LogP contribution in [0.2, 0.25) is 0 Å². The summed E-state index contributed by atoms with van der Waals surface area (Å²) in [5.74, 6) is 0. The molecule has 0 atom stereocenters. The predicted octanol–water partition coefficient (Wildman–Crippen LogP) is 3.78. The molecule has 1 saturated heterocycles. The first-order valence-electron chi connectivity index (χ1n) is 8.09. The topological polar surface area (TPSA) is 31.6 Å². The Labute approximate surface area is 132 Å². The van der Waals surface area contributed by atoms with Gasteiger partial charge in [-0.1, -0.05) is 19.1 Å². The van der Waals surface area contributed by atoms with E-state index in [0.29, 0.717) is 5.41 Å². The van der Waals surface area contributed by atoms with Gasteiger partial charge in [0.2, 0.25) is 0 Å². The molecule has 1 aliphatic heterocycles. The molecule has 1 aliphatic carbocycles. The average molecular weight is 298 g/mol. The summed E-state index contributed by atoms with van der Waals surface area (Å²) in [4.78, 5) is 0. The molecule has 0 unspecified atom stereocenters. The van der Waals surface area contributed by atoms with Crippen LogP contribution in [0, 0.1) is 0 Å². The van der Waals surface area contributed by atoms with Crippen LogP contribution in [0.4, 0.5) is 0 Å².